The molecule has 0 unspecified atom stereocenters. The molecule has 18 heavy (non-hydrogen) atoms. The van der Waals surface area contributed by atoms with E-state index in [4.69, 9.17) is 5.73 Å². The van der Waals surface area contributed by atoms with Crippen LogP contribution in [0.4, 0.5) is 0 Å². The smallest absolute Gasteiger partial charge is 0.237 e. The van der Waals surface area contributed by atoms with Crippen molar-refractivity contribution in [1.82, 2.24) is 5.32 Å². The van der Waals surface area contributed by atoms with Crippen LogP contribution in [0.1, 0.15) is 45.4 Å². The Morgan fingerprint density at radius 1 is 1.44 bits per heavy atom. The number of primary amides is 1. The zero-order chi connectivity index (χ0) is 13.3. The van der Waals surface area contributed by atoms with Crippen LogP contribution in [0.3, 0.4) is 0 Å². The van der Waals surface area contributed by atoms with Gasteiger partial charge < -0.3 is 16.2 Å². The summed E-state index contributed by atoms with van der Waals surface area (Å²) in [5, 5.41) is 12.6. The van der Waals surface area contributed by atoms with Gasteiger partial charge in [-0.25, -0.2) is 0 Å². The summed E-state index contributed by atoms with van der Waals surface area (Å²) in [6.07, 6.45) is 4.52. The van der Waals surface area contributed by atoms with Gasteiger partial charge in [-0.1, -0.05) is 0 Å². The van der Waals surface area contributed by atoms with E-state index in [2.05, 4.69) is 5.32 Å². The highest BCUT2D eigenvalue weighted by Gasteiger charge is 2.47. The normalized spacial score (nSPS) is 35.0. The summed E-state index contributed by atoms with van der Waals surface area (Å²) in [5.41, 5.74) is 5.20. The Labute approximate surface area is 107 Å². The van der Waals surface area contributed by atoms with Crippen molar-refractivity contribution in [1.29, 1.82) is 0 Å². The van der Waals surface area contributed by atoms with Gasteiger partial charge in [0.25, 0.3) is 0 Å². The molecule has 0 aliphatic heterocycles. The van der Waals surface area contributed by atoms with Crippen LogP contribution in [0.5, 0.6) is 0 Å². The molecule has 0 radical (unpaired) electrons. The van der Waals surface area contributed by atoms with E-state index < -0.39 is 18.1 Å². The van der Waals surface area contributed by atoms with Gasteiger partial charge in [-0.2, -0.15) is 0 Å². The molecule has 102 valence electrons. The minimum atomic E-state index is -0.788. The standard InChI is InChI=1S/C13H22N2O3/c1-8(16)11(12(14)18)15-9-2-5-13(6-3-9)7-4-10(13)17/h8-9,11,15-16H,2-7H2,1H3,(H2,14,18)/t8-,9?,11+,13?/m1/s1. The van der Waals surface area contributed by atoms with E-state index in [1.807, 2.05) is 0 Å². The van der Waals surface area contributed by atoms with E-state index >= 15 is 0 Å². The molecule has 4 N–H and O–H groups in total. The Kier molecular flexibility index (Phi) is 3.73. The minimum absolute atomic E-state index is 0.0504. The fraction of sp³-hybridized carbons (Fsp3) is 0.846. The van der Waals surface area contributed by atoms with Crippen molar-refractivity contribution in [2.24, 2.45) is 11.1 Å². The number of nitrogens with two attached hydrogens (primary N) is 1. The molecular weight excluding hydrogens is 232 g/mol. The molecule has 2 fully saturated rings. The summed E-state index contributed by atoms with van der Waals surface area (Å²) >= 11 is 0. The molecule has 0 saturated heterocycles. The lowest BCUT2D eigenvalue weighted by Gasteiger charge is -2.45. The second kappa shape index (κ2) is 4.97. The van der Waals surface area contributed by atoms with Gasteiger partial charge >= 0.3 is 0 Å². The molecule has 2 aliphatic rings. The van der Waals surface area contributed by atoms with Crippen molar-refractivity contribution in [3.8, 4) is 0 Å². The van der Waals surface area contributed by atoms with Gasteiger partial charge in [-0.3, -0.25) is 9.59 Å². The Hall–Kier alpha value is -0.940. The van der Waals surface area contributed by atoms with E-state index in [9.17, 15) is 14.7 Å². The third kappa shape index (κ3) is 2.42. The molecule has 0 aromatic carbocycles. The third-order valence-electron chi connectivity index (χ3n) is 4.57. The number of hydrogen-bond acceptors (Lipinski definition) is 4. The number of carbonyl (C=O) groups excluding carboxylic acids is 2. The van der Waals surface area contributed by atoms with Crippen LogP contribution < -0.4 is 11.1 Å². The van der Waals surface area contributed by atoms with E-state index in [0.717, 1.165) is 38.5 Å². The van der Waals surface area contributed by atoms with Crippen molar-refractivity contribution in [3.63, 3.8) is 0 Å². The average molecular weight is 254 g/mol. The van der Waals surface area contributed by atoms with E-state index in [1.54, 1.807) is 6.92 Å². The number of hydrogen-bond donors (Lipinski definition) is 3. The quantitative estimate of drug-likeness (QED) is 0.663. The summed E-state index contributed by atoms with van der Waals surface area (Å²) in [5.74, 6) is -0.118. The van der Waals surface area contributed by atoms with Crippen LogP contribution in [0.2, 0.25) is 0 Å². The summed E-state index contributed by atoms with van der Waals surface area (Å²) < 4.78 is 0. The molecule has 1 spiro atoms. The summed E-state index contributed by atoms with van der Waals surface area (Å²) in [4.78, 5) is 22.8. The summed E-state index contributed by atoms with van der Waals surface area (Å²) in [6.45, 7) is 1.56. The summed E-state index contributed by atoms with van der Waals surface area (Å²) in [7, 11) is 0. The average Bonchev–Trinajstić information content (AvgIpc) is 2.34. The number of aliphatic hydroxyl groups excluding tert-OH is 1. The van der Waals surface area contributed by atoms with E-state index in [0.29, 0.717) is 5.78 Å². The molecule has 1 amide bonds. The maximum Gasteiger partial charge on any atom is 0.237 e. The Balaban J connectivity index is 1.86. The van der Waals surface area contributed by atoms with Crippen LogP contribution in [-0.4, -0.2) is 35.0 Å². The molecule has 5 heteroatoms. The topological polar surface area (TPSA) is 92.4 Å². The molecule has 0 aromatic rings. The molecule has 2 atom stereocenters. The van der Waals surface area contributed by atoms with Crippen molar-refractivity contribution < 1.29 is 14.7 Å². The van der Waals surface area contributed by atoms with Crippen molar-refractivity contribution in [2.75, 3.05) is 0 Å². The first-order chi connectivity index (χ1) is 8.44. The van der Waals surface area contributed by atoms with Gasteiger partial charge in [-0.15, -0.1) is 0 Å². The van der Waals surface area contributed by atoms with Crippen molar-refractivity contribution >= 4 is 11.7 Å². The Morgan fingerprint density at radius 2 is 2.06 bits per heavy atom. The molecular formula is C13H22N2O3. The van der Waals surface area contributed by atoms with Crippen LogP contribution in [0, 0.1) is 5.41 Å². The molecule has 0 bridgehead atoms. The molecule has 2 aliphatic carbocycles. The number of carbonyl (C=O) groups is 2. The predicted octanol–water partition coefficient (Wildman–Crippen LogP) is 0.103. The third-order valence-corrected chi connectivity index (χ3v) is 4.57. The first-order valence-corrected chi connectivity index (χ1v) is 6.71. The Morgan fingerprint density at radius 3 is 2.39 bits per heavy atom. The maximum atomic E-state index is 11.6. The lowest BCUT2D eigenvalue weighted by Crippen LogP contribution is -2.54. The van der Waals surface area contributed by atoms with Gasteiger partial charge in [0.05, 0.1) is 6.10 Å². The first kappa shape index (κ1) is 13.5. The van der Waals surface area contributed by atoms with Gasteiger partial charge in [0.1, 0.15) is 11.8 Å². The van der Waals surface area contributed by atoms with E-state index in [-0.39, 0.29) is 11.5 Å². The van der Waals surface area contributed by atoms with Crippen LogP contribution in [0.15, 0.2) is 0 Å². The number of rotatable bonds is 4. The Bertz CT molecular complexity index is 346. The molecule has 2 rings (SSSR count). The fourth-order valence-electron chi connectivity index (χ4n) is 3.16. The highest BCUT2D eigenvalue weighted by Crippen LogP contribution is 2.48. The number of nitrogens with one attached hydrogen (secondary N) is 1. The second-order valence-electron chi connectivity index (χ2n) is 5.77. The first-order valence-electron chi connectivity index (χ1n) is 6.71. The number of aliphatic hydroxyl groups is 1. The zero-order valence-electron chi connectivity index (χ0n) is 10.8. The number of Topliss-reactive ketones (excluding diaryl/α,β-unsaturated/α-hetero) is 1. The minimum Gasteiger partial charge on any atom is -0.391 e. The van der Waals surface area contributed by atoms with Gasteiger partial charge in [0.2, 0.25) is 5.91 Å². The van der Waals surface area contributed by atoms with Gasteiger partial charge in [-0.05, 0) is 39.0 Å². The molecule has 0 aromatic heterocycles. The lowest BCUT2D eigenvalue weighted by atomic mass is 9.59. The molecule has 0 heterocycles. The van der Waals surface area contributed by atoms with Crippen LogP contribution in [-0.2, 0) is 9.59 Å². The number of amides is 1. The zero-order valence-corrected chi connectivity index (χ0v) is 10.8. The van der Waals surface area contributed by atoms with Crippen LogP contribution >= 0.6 is 0 Å². The lowest BCUT2D eigenvalue weighted by molar-refractivity contribution is -0.141. The second-order valence-corrected chi connectivity index (χ2v) is 5.77. The highest BCUT2D eigenvalue weighted by atomic mass is 16.3. The SMILES string of the molecule is C[C@@H](O)[C@H](NC1CCC2(CCC2=O)CC1)C(N)=O. The van der Waals surface area contributed by atoms with Gasteiger partial charge in [0, 0.05) is 17.9 Å². The predicted molar refractivity (Wildman–Crippen MR) is 66.7 cm³/mol. The molecule has 5 nitrogen and oxygen atoms in total. The highest BCUT2D eigenvalue weighted by molar-refractivity contribution is 5.90. The van der Waals surface area contributed by atoms with E-state index in [1.165, 1.54) is 0 Å². The van der Waals surface area contributed by atoms with Gasteiger partial charge in [0.15, 0.2) is 0 Å². The summed E-state index contributed by atoms with van der Waals surface area (Å²) in [6, 6.07) is -0.516. The van der Waals surface area contributed by atoms with Crippen molar-refractivity contribution in [2.45, 2.75) is 63.6 Å². The van der Waals surface area contributed by atoms with Crippen molar-refractivity contribution in [3.05, 3.63) is 0 Å². The van der Waals surface area contributed by atoms with Crippen LogP contribution in [0.25, 0.3) is 0 Å². The maximum absolute atomic E-state index is 11.6. The largest absolute Gasteiger partial charge is 0.391 e. The number of ketones is 1. The fourth-order valence-corrected chi connectivity index (χ4v) is 3.16. The molecule has 2 saturated carbocycles. The monoisotopic (exact) mass is 254 g/mol.